The molecule has 0 bridgehead atoms. The van der Waals surface area contributed by atoms with Crippen molar-refractivity contribution in [2.75, 3.05) is 7.11 Å². The fourth-order valence-corrected chi connectivity index (χ4v) is 3.77. The van der Waals surface area contributed by atoms with Crippen molar-refractivity contribution >= 4 is 5.91 Å². The summed E-state index contributed by atoms with van der Waals surface area (Å²) in [6, 6.07) is 8.01. The van der Waals surface area contributed by atoms with Crippen LogP contribution in [-0.2, 0) is 0 Å². The molecule has 1 aromatic carbocycles. The zero-order valence-electron chi connectivity index (χ0n) is 14.7. The van der Waals surface area contributed by atoms with Gasteiger partial charge in [0.05, 0.1) is 19.3 Å². The first-order chi connectivity index (χ1) is 12.6. The lowest BCUT2D eigenvalue weighted by molar-refractivity contribution is 0.0230. The number of methoxy groups -OCH3 is 1. The Kier molecular flexibility index (Phi) is 4.44. The van der Waals surface area contributed by atoms with E-state index >= 15 is 0 Å². The summed E-state index contributed by atoms with van der Waals surface area (Å²) in [5.74, 6) is 0.0329. The monoisotopic (exact) mass is 358 g/mol. The minimum atomic E-state index is -0.404. The predicted molar refractivity (Wildman–Crippen MR) is 94.6 cm³/mol. The maximum atomic E-state index is 13.9. The number of rotatable bonds is 6. The molecule has 26 heavy (non-hydrogen) atoms. The molecule has 138 valence electrons. The second kappa shape index (κ2) is 6.76. The average molecular weight is 358 g/mol. The van der Waals surface area contributed by atoms with Crippen molar-refractivity contribution in [1.82, 2.24) is 9.88 Å². The minimum absolute atomic E-state index is 0.0500. The van der Waals surface area contributed by atoms with Crippen LogP contribution >= 0.6 is 0 Å². The van der Waals surface area contributed by atoms with Gasteiger partial charge < -0.3 is 19.7 Å². The molecule has 2 aromatic rings. The van der Waals surface area contributed by atoms with E-state index in [2.05, 4.69) is 5.32 Å². The summed E-state index contributed by atoms with van der Waals surface area (Å²) in [7, 11) is 1.53. The smallest absolute Gasteiger partial charge is 0.268 e. The van der Waals surface area contributed by atoms with E-state index in [1.54, 1.807) is 6.07 Å². The Morgan fingerprint density at radius 2 is 2.12 bits per heavy atom. The van der Waals surface area contributed by atoms with Crippen molar-refractivity contribution in [2.45, 2.75) is 43.9 Å². The van der Waals surface area contributed by atoms with Gasteiger partial charge in [0, 0.05) is 17.8 Å². The molecule has 0 aliphatic heterocycles. The molecular formula is C20H23FN2O3. The van der Waals surface area contributed by atoms with Crippen LogP contribution in [-0.4, -0.2) is 28.8 Å². The molecule has 1 heterocycles. The molecule has 2 aliphatic rings. The van der Waals surface area contributed by atoms with Crippen LogP contribution in [0.4, 0.5) is 4.39 Å². The molecule has 0 saturated heterocycles. The van der Waals surface area contributed by atoms with E-state index in [-0.39, 0.29) is 23.7 Å². The van der Waals surface area contributed by atoms with Crippen molar-refractivity contribution < 1.29 is 19.0 Å². The summed E-state index contributed by atoms with van der Waals surface area (Å²) >= 11 is 0. The lowest BCUT2D eigenvalue weighted by atomic mass is 9.74. The van der Waals surface area contributed by atoms with E-state index in [9.17, 15) is 14.3 Å². The van der Waals surface area contributed by atoms with Gasteiger partial charge in [-0.05, 0) is 61.9 Å². The van der Waals surface area contributed by atoms with Crippen molar-refractivity contribution in [3.05, 3.63) is 53.6 Å². The summed E-state index contributed by atoms with van der Waals surface area (Å²) in [5.41, 5.74) is 1.23. The summed E-state index contributed by atoms with van der Waals surface area (Å²) in [6.45, 7) is 0. The molecule has 1 aromatic heterocycles. The standard InChI is InChI=1S/C20H23FN2O3/c1-26-18-7-4-13(21)11-16(18)19(12-9-15(24)10-12)22-20(25)17-3-2-8-23(17)14-5-6-14/h2-4,7-8,11-12,14-15,19,24H,5-6,9-10H2,1H3,(H,22,25)/t12?,15?,19-/m1/s1. The van der Waals surface area contributed by atoms with Crippen LogP contribution in [0.25, 0.3) is 0 Å². The number of hydrogen-bond acceptors (Lipinski definition) is 3. The number of ether oxygens (including phenoxy) is 1. The third-order valence-corrected chi connectivity index (χ3v) is 5.39. The fourth-order valence-electron chi connectivity index (χ4n) is 3.77. The van der Waals surface area contributed by atoms with Gasteiger partial charge in [-0.15, -0.1) is 0 Å². The van der Waals surface area contributed by atoms with Crippen LogP contribution in [0.1, 0.15) is 53.8 Å². The predicted octanol–water partition coefficient (Wildman–Crippen LogP) is 3.21. The second-order valence-corrected chi connectivity index (χ2v) is 7.25. The SMILES string of the molecule is COc1ccc(F)cc1[C@H](NC(=O)c1cccn1C1CC1)C1CC(O)C1. The van der Waals surface area contributed by atoms with Gasteiger partial charge in [0.25, 0.3) is 5.91 Å². The molecule has 2 aliphatic carbocycles. The number of aromatic nitrogens is 1. The topological polar surface area (TPSA) is 63.5 Å². The van der Waals surface area contributed by atoms with Gasteiger partial charge in [0.15, 0.2) is 0 Å². The molecule has 1 amide bonds. The number of carbonyl (C=O) groups is 1. The molecule has 0 radical (unpaired) electrons. The van der Waals surface area contributed by atoms with Gasteiger partial charge in [-0.1, -0.05) is 0 Å². The number of amides is 1. The van der Waals surface area contributed by atoms with E-state index in [1.165, 1.54) is 19.2 Å². The van der Waals surface area contributed by atoms with Crippen molar-refractivity contribution in [1.29, 1.82) is 0 Å². The van der Waals surface area contributed by atoms with Crippen LogP contribution in [0.15, 0.2) is 36.5 Å². The number of nitrogens with one attached hydrogen (secondary N) is 1. The van der Waals surface area contributed by atoms with E-state index < -0.39 is 6.04 Å². The molecule has 2 N–H and O–H groups in total. The van der Waals surface area contributed by atoms with Crippen LogP contribution in [0, 0.1) is 11.7 Å². The van der Waals surface area contributed by atoms with Gasteiger partial charge in [-0.3, -0.25) is 4.79 Å². The van der Waals surface area contributed by atoms with E-state index in [0.717, 1.165) is 12.8 Å². The Balaban J connectivity index is 1.63. The Hall–Kier alpha value is -2.34. The Bertz CT molecular complexity index is 809. The summed E-state index contributed by atoms with van der Waals surface area (Å²) in [4.78, 5) is 12.9. The lowest BCUT2D eigenvalue weighted by Crippen LogP contribution is -2.42. The highest BCUT2D eigenvalue weighted by Gasteiger charge is 2.38. The Morgan fingerprint density at radius 3 is 2.77 bits per heavy atom. The first-order valence-electron chi connectivity index (χ1n) is 9.06. The zero-order valence-corrected chi connectivity index (χ0v) is 14.7. The quantitative estimate of drug-likeness (QED) is 0.833. The number of carbonyl (C=O) groups excluding carboxylic acids is 1. The summed E-state index contributed by atoms with van der Waals surface area (Å²) < 4.78 is 21.3. The summed E-state index contributed by atoms with van der Waals surface area (Å²) in [5, 5.41) is 12.8. The van der Waals surface area contributed by atoms with Gasteiger partial charge >= 0.3 is 0 Å². The lowest BCUT2D eigenvalue weighted by Gasteiger charge is -2.38. The molecule has 0 unspecified atom stereocenters. The van der Waals surface area contributed by atoms with Crippen LogP contribution in [0.3, 0.4) is 0 Å². The third-order valence-electron chi connectivity index (χ3n) is 5.39. The van der Waals surface area contributed by atoms with Gasteiger partial charge in [-0.2, -0.15) is 0 Å². The molecule has 1 atom stereocenters. The molecule has 5 nitrogen and oxygen atoms in total. The highest BCUT2D eigenvalue weighted by molar-refractivity contribution is 5.93. The highest BCUT2D eigenvalue weighted by atomic mass is 19.1. The molecule has 2 fully saturated rings. The van der Waals surface area contributed by atoms with E-state index in [1.807, 2.05) is 22.9 Å². The van der Waals surface area contributed by atoms with Crippen LogP contribution < -0.4 is 10.1 Å². The zero-order chi connectivity index (χ0) is 18.3. The van der Waals surface area contributed by atoms with Crippen LogP contribution in [0.5, 0.6) is 5.75 Å². The minimum Gasteiger partial charge on any atom is -0.496 e. The number of benzene rings is 1. The van der Waals surface area contributed by atoms with E-state index in [4.69, 9.17) is 4.74 Å². The van der Waals surface area contributed by atoms with Crippen molar-refractivity contribution in [3.8, 4) is 5.75 Å². The molecule has 2 saturated carbocycles. The largest absolute Gasteiger partial charge is 0.496 e. The van der Waals surface area contributed by atoms with E-state index in [0.29, 0.717) is 35.9 Å². The maximum absolute atomic E-state index is 13.9. The number of halogens is 1. The molecule has 4 rings (SSSR count). The van der Waals surface area contributed by atoms with Gasteiger partial charge in [0.1, 0.15) is 17.3 Å². The highest BCUT2D eigenvalue weighted by Crippen LogP contribution is 2.42. The second-order valence-electron chi connectivity index (χ2n) is 7.25. The average Bonchev–Trinajstić information content (AvgIpc) is 3.33. The Labute approximate surface area is 151 Å². The first kappa shape index (κ1) is 17.1. The number of aliphatic hydroxyl groups is 1. The number of hydrogen-bond donors (Lipinski definition) is 2. The van der Waals surface area contributed by atoms with Crippen molar-refractivity contribution in [2.24, 2.45) is 5.92 Å². The third kappa shape index (κ3) is 3.21. The molecule has 6 heteroatoms. The normalized spacial score (nSPS) is 23.2. The van der Waals surface area contributed by atoms with Gasteiger partial charge in [0.2, 0.25) is 0 Å². The fraction of sp³-hybridized carbons (Fsp3) is 0.450. The number of nitrogens with zero attached hydrogens (tertiary/aromatic N) is 1. The molecule has 0 spiro atoms. The number of aliphatic hydroxyl groups excluding tert-OH is 1. The summed E-state index contributed by atoms with van der Waals surface area (Å²) in [6.07, 6.45) is 4.89. The Morgan fingerprint density at radius 1 is 1.35 bits per heavy atom. The first-order valence-corrected chi connectivity index (χ1v) is 9.06. The van der Waals surface area contributed by atoms with Crippen LogP contribution in [0.2, 0.25) is 0 Å². The van der Waals surface area contributed by atoms with Gasteiger partial charge in [-0.25, -0.2) is 4.39 Å². The van der Waals surface area contributed by atoms with Crippen molar-refractivity contribution in [3.63, 3.8) is 0 Å². The molecular weight excluding hydrogens is 335 g/mol. The maximum Gasteiger partial charge on any atom is 0.268 e.